The van der Waals surface area contributed by atoms with Gasteiger partial charge in [0.25, 0.3) is 0 Å². The van der Waals surface area contributed by atoms with Gasteiger partial charge in [-0.2, -0.15) is 8.42 Å². The Bertz CT molecular complexity index is 1040. The van der Waals surface area contributed by atoms with Gasteiger partial charge in [-0.3, -0.25) is 9.59 Å². The van der Waals surface area contributed by atoms with Crippen LogP contribution < -0.4 is 4.18 Å². The van der Waals surface area contributed by atoms with Crippen molar-refractivity contribution in [3.63, 3.8) is 0 Å². The number of ketones is 2. The summed E-state index contributed by atoms with van der Waals surface area (Å²) in [4.78, 5) is 23.5. The molecule has 0 radical (unpaired) electrons. The van der Waals surface area contributed by atoms with Crippen molar-refractivity contribution in [1.82, 2.24) is 0 Å². The van der Waals surface area contributed by atoms with Crippen LogP contribution >= 0.6 is 0 Å². The van der Waals surface area contributed by atoms with E-state index in [1.807, 2.05) is 0 Å². The molecule has 0 aromatic heterocycles. The maximum atomic E-state index is 12.2. The Balaban J connectivity index is 2.13. The quantitative estimate of drug-likeness (QED) is 0.316. The number of allylic oxidation sites excluding steroid dienone is 5. The van der Waals surface area contributed by atoms with Gasteiger partial charge in [-0.1, -0.05) is 18.7 Å². The van der Waals surface area contributed by atoms with E-state index in [1.54, 1.807) is 0 Å². The molecule has 0 aliphatic carbocycles. The molecule has 6 nitrogen and oxygen atoms in total. The number of rotatable bonds is 8. The van der Waals surface area contributed by atoms with Crippen LogP contribution in [0.1, 0.15) is 17.3 Å². The first kappa shape index (κ1) is 20.9. The van der Waals surface area contributed by atoms with Gasteiger partial charge >= 0.3 is 10.1 Å². The maximum Gasteiger partial charge on any atom is 0.339 e. The van der Waals surface area contributed by atoms with E-state index in [2.05, 4.69) is 6.58 Å². The van der Waals surface area contributed by atoms with Crippen LogP contribution in [0.25, 0.3) is 0 Å². The van der Waals surface area contributed by atoms with Crippen molar-refractivity contribution >= 4 is 21.7 Å². The standard InChI is InChI=1S/C21H18O6S/c1-3-4-16(15(2)22)7-14-21(24)17-5-10-19(11-6-17)27-28(25,26)20-12-8-18(23)9-13-20/h3-14,23H,1H2,2H3. The number of phenols is 1. The minimum atomic E-state index is -4.06. The molecular formula is C21H18O6S. The van der Waals surface area contributed by atoms with Crippen LogP contribution in [0.4, 0.5) is 0 Å². The molecule has 2 aromatic carbocycles. The average molecular weight is 398 g/mol. The molecule has 144 valence electrons. The summed E-state index contributed by atoms with van der Waals surface area (Å²) in [6.07, 6.45) is 5.59. The predicted octanol–water partition coefficient (Wildman–Crippen LogP) is 3.60. The van der Waals surface area contributed by atoms with Gasteiger partial charge in [0.2, 0.25) is 0 Å². The Kier molecular flexibility index (Phi) is 6.68. The molecule has 0 saturated carbocycles. The Labute approximate surface area is 163 Å². The number of phenolic OH excluding ortho intramolecular Hbond substituents is 1. The first-order valence-corrected chi connectivity index (χ1v) is 9.53. The van der Waals surface area contributed by atoms with Crippen LogP contribution in [0.2, 0.25) is 0 Å². The number of hydrogen-bond donors (Lipinski definition) is 1. The fourth-order valence-electron chi connectivity index (χ4n) is 2.14. The number of aromatic hydroxyl groups is 1. The molecule has 0 spiro atoms. The highest BCUT2D eigenvalue weighted by Gasteiger charge is 2.16. The number of carbonyl (C=O) groups excluding carboxylic acids is 2. The van der Waals surface area contributed by atoms with E-state index in [9.17, 15) is 23.1 Å². The minimum Gasteiger partial charge on any atom is -0.508 e. The number of benzene rings is 2. The lowest BCUT2D eigenvalue weighted by Gasteiger charge is -2.07. The van der Waals surface area contributed by atoms with Crippen LogP contribution in [-0.4, -0.2) is 25.1 Å². The molecule has 0 aliphatic heterocycles. The van der Waals surface area contributed by atoms with E-state index in [1.165, 1.54) is 79.8 Å². The van der Waals surface area contributed by atoms with Crippen molar-refractivity contribution in [2.24, 2.45) is 0 Å². The SMILES string of the molecule is C=CC=C(C=CC(=O)c1ccc(OS(=O)(=O)c2ccc(O)cc2)cc1)C(C)=O. The van der Waals surface area contributed by atoms with E-state index < -0.39 is 10.1 Å². The van der Waals surface area contributed by atoms with Crippen LogP contribution in [0.5, 0.6) is 11.5 Å². The molecule has 28 heavy (non-hydrogen) atoms. The molecule has 0 amide bonds. The zero-order valence-corrected chi connectivity index (χ0v) is 15.8. The predicted molar refractivity (Wildman–Crippen MR) is 105 cm³/mol. The number of Topliss-reactive ketones (excluding diaryl/α,β-unsaturated/α-hetero) is 1. The molecule has 0 fully saturated rings. The Morgan fingerprint density at radius 2 is 1.61 bits per heavy atom. The van der Waals surface area contributed by atoms with Gasteiger partial charge in [0, 0.05) is 11.1 Å². The summed E-state index contributed by atoms with van der Waals surface area (Å²) >= 11 is 0. The Morgan fingerprint density at radius 1 is 1.00 bits per heavy atom. The van der Waals surface area contributed by atoms with Gasteiger partial charge in [0.15, 0.2) is 11.6 Å². The first-order chi connectivity index (χ1) is 13.2. The van der Waals surface area contributed by atoms with E-state index in [0.717, 1.165) is 0 Å². The van der Waals surface area contributed by atoms with Crippen molar-refractivity contribution < 1.29 is 27.3 Å². The van der Waals surface area contributed by atoms with E-state index in [0.29, 0.717) is 11.1 Å². The Morgan fingerprint density at radius 3 is 2.14 bits per heavy atom. The number of hydrogen-bond acceptors (Lipinski definition) is 6. The highest BCUT2D eigenvalue weighted by molar-refractivity contribution is 7.87. The number of carbonyl (C=O) groups is 2. The van der Waals surface area contributed by atoms with E-state index in [4.69, 9.17) is 4.18 Å². The topological polar surface area (TPSA) is 97.7 Å². The summed E-state index contributed by atoms with van der Waals surface area (Å²) in [5.74, 6) is -0.591. The fourth-order valence-corrected chi connectivity index (χ4v) is 3.07. The van der Waals surface area contributed by atoms with Crippen LogP contribution in [0.3, 0.4) is 0 Å². The highest BCUT2D eigenvalue weighted by Crippen LogP contribution is 2.21. The summed E-state index contributed by atoms with van der Waals surface area (Å²) in [5.41, 5.74) is 0.635. The first-order valence-electron chi connectivity index (χ1n) is 8.12. The van der Waals surface area contributed by atoms with Crippen molar-refractivity contribution in [2.45, 2.75) is 11.8 Å². The van der Waals surface area contributed by atoms with Crippen molar-refractivity contribution in [3.05, 3.63) is 90.6 Å². The van der Waals surface area contributed by atoms with Crippen LogP contribution in [0, 0.1) is 0 Å². The molecule has 7 heteroatoms. The fraction of sp³-hybridized carbons (Fsp3) is 0.0476. The second-order valence-corrected chi connectivity index (χ2v) is 7.21. The summed E-state index contributed by atoms with van der Waals surface area (Å²) in [6.45, 7) is 4.89. The zero-order valence-electron chi connectivity index (χ0n) is 15.0. The lowest BCUT2D eigenvalue weighted by Crippen LogP contribution is -2.09. The van der Waals surface area contributed by atoms with E-state index >= 15 is 0 Å². The van der Waals surface area contributed by atoms with E-state index in [-0.39, 0.29) is 28.0 Å². The second-order valence-electron chi connectivity index (χ2n) is 5.67. The molecule has 0 aliphatic rings. The van der Waals surface area contributed by atoms with Crippen LogP contribution in [0.15, 0.2) is 89.9 Å². The zero-order chi connectivity index (χ0) is 20.7. The minimum absolute atomic E-state index is 0.0320. The molecule has 0 bridgehead atoms. The monoisotopic (exact) mass is 398 g/mol. The molecule has 0 saturated heterocycles. The van der Waals surface area contributed by atoms with Gasteiger partial charge in [-0.25, -0.2) is 0 Å². The Hall–Kier alpha value is -3.45. The molecular weight excluding hydrogens is 380 g/mol. The van der Waals surface area contributed by atoms with Crippen molar-refractivity contribution in [2.75, 3.05) is 0 Å². The summed E-state index contributed by atoms with van der Waals surface area (Å²) in [5, 5.41) is 9.23. The smallest absolute Gasteiger partial charge is 0.339 e. The van der Waals surface area contributed by atoms with Gasteiger partial charge < -0.3 is 9.29 Å². The molecule has 0 unspecified atom stereocenters. The molecule has 1 N–H and O–H groups in total. The second kappa shape index (κ2) is 8.96. The van der Waals surface area contributed by atoms with Crippen LogP contribution in [-0.2, 0) is 14.9 Å². The average Bonchev–Trinajstić information content (AvgIpc) is 2.65. The van der Waals surface area contributed by atoms with Gasteiger partial charge in [0.05, 0.1) is 0 Å². The maximum absolute atomic E-state index is 12.2. The van der Waals surface area contributed by atoms with Gasteiger partial charge in [0.1, 0.15) is 16.4 Å². The van der Waals surface area contributed by atoms with Gasteiger partial charge in [-0.15, -0.1) is 0 Å². The summed E-state index contributed by atoms with van der Waals surface area (Å²) in [7, 11) is -4.06. The van der Waals surface area contributed by atoms with Crippen molar-refractivity contribution in [1.29, 1.82) is 0 Å². The molecule has 0 atom stereocenters. The normalized spacial score (nSPS) is 12.0. The lowest BCUT2D eigenvalue weighted by atomic mass is 10.1. The molecule has 2 aromatic rings. The molecule has 2 rings (SSSR count). The third-order valence-electron chi connectivity index (χ3n) is 3.59. The largest absolute Gasteiger partial charge is 0.508 e. The highest BCUT2D eigenvalue weighted by atomic mass is 32.2. The summed E-state index contributed by atoms with van der Waals surface area (Å²) in [6, 6.07) is 10.4. The molecule has 0 heterocycles. The third-order valence-corrected chi connectivity index (χ3v) is 4.85. The summed E-state index contributed by atoms with van der Waals surface area (Å²) < 4.78 is 29.4. The third kappa shape index (κ3) is 5.52. The van der Waals surface area contributed by atoms with Crippen molar-refractivity contribution in [3.8, 4) is 11.5 Å². The van der Waals surface area contributed by atoms with Gasteiger partial charge in [-0.05, 0) is 67.6 Å². The lowest BCUT2D eigenvalue weighted by molar-refractivity contribution is -0.113.